The molecule has 2 heterocycles. The van der Waals surface area contributed by atoms with Crippen LogP contribution in [0.15, 0.2) is 54.9 Å². The van der Waals surface area contributed by atoms with E-state index in [1.165, 1.54) is 0 Å². The number of hydrogen-bond acceptors (Lipinski definition) is 7. The molecule has 1 aliphatic carbocycles. The molecule has 2 aromatic heterocycles. The number of ether oxygens (including phenoxy) is 1. The molecule has 0 atom stereocenters. The Hall–Kier alpha value is -3.13. The minimum Gasteiger partial charge on any atom is -0.480 e. The fraction of sp³-hybridized carbons (Fsp3) is 0.304. The normalized spacial score (nSPS) is 13.7. The van der Waals surface area contributed by atoms with Gasteiger partial charge in [0, 0.05) is 24.1 Å². The number of methoxy groups -OCH3 is 1. The average molecular weight is 438 g/mol. The van der Waals surface area contributed by atoms with Crippen LogP contribution in [0.5, 0.6) is 5.88 Å². The summed E-state index contributed by atoms with van der Waals surface area (Å²) in [5.74, 6) is 0.397. The number of benzene rings is 1. The summed E-state index contributed by atoms with van der Waals surface area (Å²) in [6.45, 7) is 0. The van der Waals surface area contributed by atoms with Gasteiger partial charge in [-0.3, -0.25) is 14.8 Å². The largest absolute Gasteiger partial charge is 0.480 e. The Balaban J connectivity index is 1.38. The van der Waals surface area contributed by atoms with Crippen LogP contribution >= 0.6 is 0 Å². The van der Waals surface area contributed by atoms with Gasteiger partial charge in [-0.15, -0.1) is 0 Å². The van der Waals surface area contributed by atoms with Gasteiger partial charge in [0.2, 0.25) is 5.88 Å². The maximum Gasteiger partial charge on any atom is 0.232 e. The first kappa shape index (κ1) is 21.1. The minimum atomic E-state index is -3.13. The second-order valence-corrected chi connectivity index (χ2v) is 9.94. The molecule has 0 N–H and O–H groups in total. The lowest BCUT2D eigenvalue weighted by Gasteiger charge is -2.07. The molecule has 0 amide bonds. The van der Waals surface area contributed by atoms with Crippen LogP contribution < -0.4 is 4.74 Å². The average Bonchev–Trinajstić information content (AvgIpc) is 3.60. The third-order valence-electron chi connectivity index (χ3n) is 5.10. The number of hydrogen-bond donors (Lipinski definition) is 0. The molecular weight excluding hydrogens is 414 g/mol. The summed E-state index contributed by atoms with van der Waals surface area (Å²) in [4.78, 5) is 25.4. The van der Waals surface area contributed by atoms with Crippen molar-refractivity contribution < 1.29 is 17.9 Å². The molecule has 0 radical (unpaired) electrons. The van der Waals surface area contributed by atoms with Gasteiger partial charge in [0.25, 0.3) is 0 Å². The van der Waals surface area contributed by atoms with Crippen molar-refractivity contribution in [1.82, 2.24) is 15.0 Å². The van der Waals surface area contributed by atoms with Gasteiger partial charge in [-0.25, -0.2) is 13.4 Å². The summed E-state index contributed by atoms with van der Waals surface area (Å²) in [5.41, 5.74) is 3.56. The van der Waals surface area contributed by atoms with Gasteiger partial charge in [0.15, 0.2) is 9.84 Å². The van der Waals surface area contributed by atoms with Gasteiger partial charge in [0.1, 0.15) is 5.78 Å². The number of sulfone groups is 1. The predicted molar refractivity (Wildman–Crippen MR) is 116 cm³/mol. The van der Waals surface area contributed by atoms with Gasteiger partial charge in [-0.1, -0.05) is 30.3 Å². The highest BCUT2D eigenvalue weighted by molar-refractivity contribution is 7.91. The van der Waals surface area contributed by atoms with Crippen molar-refractivity contribution >= 4 is 15.6 Å². The molecule has 0 aliphatic heterocycles. The zero-order valence-electron chi connectivity index (χ0n) is 17.2. The second-order valence-electron chi connectivity index (χ2n) is 7.66. The number of ketones is 1. The molecule has 0 spiro atoms. The maximum absolute atomic E-state index is 12.5. The van der Waals surface area contributed by atoms with E-state index in [9.17, 15) is 13.2 Å². The summed E-state index contributed by atoms with van der Waals surface area (Å²) < 4.78 is 29.5. The fourth-order valence-electron chi connectivity index (χ4n) is 3.33. The van der Waals surface area contributed by atoms with Gasteiger partial charge in [0.05, 0.1) is 41.9 Å². The number of carbonyl (C=O) groups excluding carboxylic acids is 1. The van der Waals surface area contributed by atoms with Gasteiger partial charge in [-0.05, 0) is 30.5 Å². The van der Waals surface area contributed by atoms with E-state index in [4.69, 9.17) is 4.74 Å². The fourth-order valence-corrected chi connectivity index (χ4v) is 4.99. The Morgan fingerprint density at radius 3 is 2.45 bits per heavy atom. The zero-order valence-corrected chi connectivity index (χ0v) is 18.0. The lowest BCUT2D eigenvalue weighted by Crippen LogP contribution is -2.13. The van der Waals surface area contributed by atoms with E-state index in [1.54, 1.807) is 37.7 Å². The molecule has 0 unspecified atom stereocenters. The van der Waals surface area contributed by atoms with Gasteiger partial charge >= 0.3 is 0 Å². The van der Waals surface area contributed by atoms with Crippen LogP contribution in [-0.4, -0.2) is 41.5 Å². The SMILES string of the molecule is COc1cncc(-c2ccc(CC(=O)Cc3cccc(CS(=O)(=O)C4CC4)n3)cc2)n1. The molecule has 1 fully saturated rings. The molecule has 4 rings (SSSR count). The number of carbonyl (C=O) groups is 1. The summed E-state index contributed by atoms with van der Waals surface area (Å²) in [7, 11) is -1.59. The van der Waals surface area contributed by atoms with E-state index < -0.39 is 9.84 Å². The van der Waals surface area contributed by atoms with E-state index >= 15 is 0 Å². The van der Waals surface area contributed by atoms with Crippen molar-refractivity contribution in [1.29, 1.82) is 0 Å². The first-order chi connectivity index (χ1) is 14.9. The van der Waals surface area contributed by atoms with Crippen LogP contribution in [0.25, 0.3) is 11.3 Å². The summed E-state index contributed by atoms with van der Waals surface area (Å²) in [6, 6.07) is 12.8. The molecule has 3 aromatic rings. The van der Waals surface area contributed by atoms with Gasteiger partial charge in [-0.2, -0.15) is 0 Å². The Morgan fingerprint density at radius 2 is 1.74 bits per heavy atom. The molecule has 1 saturated carbocycles. The molecule has 31 heavy (non-hydrogen) atoms. The van der Waals surface area contributed by atoms with E-state index in [-0.39, 0.29) is 29.6 Å². The highest BCUT2D eigenvalue weighted by atomic mass is 32.2. The van der Waals surface area contributed by atoms with E-state index in [0.717, 1.165) is 24.0 Å². The summed E-state index contributed by atoms with van der Waals surface area (Å²) in [6.07, 6.45) is 5.12. The smallest absolute Gasteiger partial charge is 0.232 e. The first-order valence-corrected chi connectivity index (χ1v) is 11.8. The molecular formula is C23H23N3O4S. The van der Waals surface area contributed by atoms with Crippen LogP contribution in [0.1, 0.15) is 29.8 Å². The molecule has 1 aromatic carbocycles. The summed E-state index contributed by atoms with van der Waals surface area (Å²) in [5, 5.41) is -0.217. The molecule has 160 valence electrons. The van der Waals surface area contributed by atoms with E-state index in [0.29, 0.717) is 23.0 Å². The van der Waals surface area contributed by atoms with Crippen molar-refractivity contribution in [2.75, 3.05) is 7.11 Å². The Kier molecular flexibility index (Phi) is 6.08. The lowest BCUT2D eigenvalue weighted by molar-refractivity contribution is -0.117. The van der Waals surface area contributed by atoms with Crippen molar-refractivity contribution in [3.05, 3.63) is 71.8 Å². The highest BCUT2D eigenvalue weighted by Gasteiger charge is 2.35. The number of nitrogens with zero attached hydrogens (tertiary/aromatic N) is 3. The number of pyridine rings is 1. The van der Waals surface area contributed by atoms with Crippen LogP contribution in [-0.2, 0) is 33.2 Å². The summed E-state index contributed by atoms with van der Waals surface area (Å²) >= 11 is 0. The van der Waals surface area contributed by atoms with Crippen LogP contribution in [0.4, 0.5) is 0 Å². The molecule has 0 bridgehead atoms. The minimum absolute atomic E-state index is 0.0172. The third-order valence-corrected chi connectivity index (χ3v) is 7.28. The van der Waals surface area contributed by atoms with Crippen LogP contribution in [0.2, 0.25) is 0 Å². The van der Waals surface area contributed by atoms with Crippen molar-refractivity contribution in [2.45, 2.75) is 36.7 Å². The van der Waals surface area contributed by atoms with E-state index in [2.05, 4.69) is 15.0 Å². The maximum atomic E-state index is 12.5. The quantitative estimate of drug-likeness (QED) is 0.507. The zero-order chi connectivity index (χ0) is 21.8. The standard InChI is InChI=1S/C23H23N3O4S/c1-30-23-14-24-13-22(26-23)17-7-5-16(6-8-17)11-20(27)12-18-3-2-4-19(25-18)15-31(28,29)21-9-10-21/h2-8,13-14,21H,9-12,15H2,1H3. The van der Waals surface area contributed by atoms with Gasteiger partial charge < -0.3 is 4.74 Å². The lowest BCUT2D eigenvalue weighted by atomic mass is 10.0. The van der Waals surface area contributed by atoms with Crippen LogP contribution in [0.3, 0.4) is 0 Å². The number of Topliss-reactive ketones (excluding diaryl/α,β-unsaturated/α-hetero) is 1. The molecule has 0 saturated heterocycles. The Bertz CT molecular complexity index is 1190. The second kappa shape index (κ2) is 8.93. The van der Waals surface area contributed by atoms with Crippen molar-refractivity contribution in [3.63, 3.8) is 0 Å². The molecule has 1 aliphatic rings. The Morgan fingerprint density at radius 1 is 1.00 bits per heavy atom. The number of aromatic nitrogens is 3. The predicted octanol–water partition coefficient (Wildman–Crippen LogP) is 2.98. The highest BCUT2D eigenvalue weighted by Crippen LogP contribution is 2.30. The first-order valence-electron chi connectivity index (χ1n) is 10.1. The monoisotopic (exact) mass is 437 g/mol. The van der Waals surface area contributed by atoms with Crippen molar-refractivity contribution in [3.8, 4) is 17.1 Å². The third kappa shape index (κ3) is 5.52. The van der Waals surface area contributed by atoms with Crippen molar-refractivity contribution in [2.24, 2.45) is 0 Å². The molecule has 7 nitrogen and oxygen atoms in total. The number of rotatable bonds is 9. The Labute approximate surface area is 181 Å². The molecule has 8 heteroatoms. The van der Waals surface area contributed by atoms with E-state index in [1.807, 2.05) is 24.3 Å². The topological polar surface area (TPSA) is 99.1 Å². The van der Waals surface area contributed by atoms with Crippen LogP contribution in [0, 0.1) is 0 Å².